The second kappa shape index (κ2) is 5.52. The number of aryl methyl sites for hydroxylation is 1. The van der Waals surface area contributed by atoms with Gasteiger partial charge >= 0.3 is 11.6 Å². The Labute approximate surface area is 110 Å². The molecule has 0 unspecified atom stereocenters. The van der Waals surface area contributed by atoms with Gasteiger partial charge < -0.3 is 9.15 Å². The van der Waals surface area contributed by atoms with Gasteiger partial charge in [0, 0.05) is 11.6 Å². The average molecular weight is 258 g/mol. The van der Waals surface area contributed by atoms with E-state index in [0.717, 1.165) is 5.56 Å². The molecule has 0 aliphatic heterocycles. The highest BCUT2D eigenvalue weighted by molar-refractivity contribution is 5.98. The molecule has 2 rings (SSSR count). The monoisotopic (exact) mass is 258 g/mol. The molecule has 0 aliphatic rings. The molecule has 0 amide bonds. The SMILES string of the molecule is CCOC(=O)c1c(-c2ccccc2)cc(=O)oc1C. The molecule has 98 valence electrons. The van der Waals surface area contributed by atoms with E-state index in [4.69, 9.17) is 9.15 Å². The summed E-state index contributed by atoms with van der Waals surface area (Å²) in [5, 5.41) is 0. The van der Waals surface area contributed by atoms with Crippen LogP contribution in [-0.4, -0.2) is 12.6 Å². The summed E-state index contributed by atoms with van der Waals surface area (Å²) in [6.45, 7) is 3.58. The molecule has 0 atom stereocenters. The number of ether oxygens (including phenoxy) is 1. The van der Waals surface area contributed by atoms with E-state index in [1.165, 1.54) is 6.07 Å². The van der Waals surface area contributed by atoms with Crippen molar-refractivity contribution in [2.75, 3.05) is 6.61 Å². The van der Waals surface area contributed by atoms with E-state index >= 15 is 0 Å². The lowest BCUT2D eigenvalue weighted by molar-refractivity contribution is 0.0523. The highest BCUT2D eigenvalue weighted by atomic mass is 16.5. The Morgan fingerprint density at radius 3 is 2.58 bits per heavy atom. The molecule has 2 aromatic rings. The summed E-state index contributed by atoms with van der Waals surface area (Å²) < 4.78 is 9.99. The predicted molar refractivity (Wildman–Crippen MR) is 71.1 cm³/mol. The van der Waals surface area contributed by atoms with Gasteiger partial charge in [0.1, 0.15) is 11.3 Å². The summed E-state index contributed by atoms with van der Waals surface area (Å²) in [6.07, 6.45) is 0. The zero-order valence-corrected chi connectivity index (χ0v) is 10.8. The summed E-state index contributed by atoms with van der Waals surface area (Å²) in [4.78, 5) is 23.5. The maximum absolute atomic E-state index is 12.0. The van der Waals surface area contributed by atoms with Crippen LogP contribution in [0.15, 0.2) is 45.6 Å². The van der Waals surface area contributed by atoms with Crippen LogP contribution in [0.1, 0.15) is 23.0 Å². The van der Waals surface area contributed by atoms with Crippen LogP contribution in [0.3, 0.4) is 0 Å². The average Bonchev–Trinajstić information content (AvgIpc) is 2.39. The van der Waals surface area contributed by atoms with Gasteiger partial charge in [0.25, 0.3) is 0 Å². The summed E-state index contributed by atoms with van der Waals surface area (Å²) >= 11 is 0. The minimum absolute atomic E-state index is 0.268. The first-order valence-electron chi connectivity index (χ1n) is 6.00. The lowest BCUT2D eigenvalue weighted by Gasteiger charge is -2.10. The molecule has 0 bridgehead atoms. The van der Waals surface area contributed by atoms with E-state index in [1.807, 2.05) is 30.3 Å². The molecule has 0 aliphatic carbocycles. The molecule has 19 heavy (non-hydrogen) atoms. The van der Waals surface area contributed by atoms with Crippen LogP contribution < -0.4 is 5.63 Å². The molecule has 0 spiro atoms. The molecule has 0 saturated carbocycles. The third-order valence-corrected chi connectivity index (χ3v) is 2.70. The van der Waals surface area contributed by atoms with E-state index in [-0.39, 0.29) is 12.4 Å². The quantitative estimate of drug-likeness (QED) is 0.794. The van der Waals surface area contributed by atoms with E-state index < -0.39 is 11.6 Å². The van der Waals surface area contributed by atoms with E-state index in [1.54, 1.807) is 13.8 Å². The topological polar surface area (TPSA) is 56.5 Å². The van der Waals surface area contributed by atoms with Crippen molar-refractivity contribution in [3.05, 3.63) is 58.1 Å². The maximum atomic E-state index is 12.0. The Kier molecular flexibility index (Phi) is 3.80. The van der Waals surface area contributed by atoms with Crippen molar-refractivity contribution >= 4 is 5.97 Å². The Morgan fingerprint density at radius 2 is 1.95 bits per heavy atom. The van der Waals surface area contributed by atoms with Crippen molar-refractivity contribution < 1.29 is 13.9 Å². The highest BCUT2D eigenvalue weighted by Gasteiger charge is 2.19. The largest absolute Gasteiger partial charge is 0.462 e. The smallest absolute Gasteiger partial charge is 0.342 e. The fraction of sp³-hybridized carbons (Fsp3) is 0.200. The van der Waals surface area contributed by atoms with Crippen molar-refractivity contribution in [2.24, 2.45) is 0 Å². The second-order valence-corrected chi connectivity index (χ2v) is 4.00. The van der Waals surface area contributed by atoms with Gasteiger partial charge in [-0.3, -0.25) is 0 Å². The molecule has 1 aromatic carbocycles. The number of carbonyl (C=O) groups excluding carboxylic acids is 1. The first kappa shape index (κ1) is 13.1. The number of hydrogen-bond donors (Lipinski definition) is 0. The van der Waals surface area contributed by atoms with E-state index in [0.29, 0.717) is 11.1 Å². The maximum Gasteiger partial charge on any atom is 0.342 e. The summed E-state index contributed by atoms with van der Waals surface area (Å²) in [5.74, 6) is -0.215. The van der Waals surface area contributed by atoms with Crippen LogP contribution in [0.5, 0.6) is 0 Å². The lowest BCUT2D eigenvalue weighted by atomic mass is 10.0. The zero-order chi connectivity index (χ0) is 13.8. The number of hydrogen-bond acceptors (Lipinski definition) is 4. The van der Waals surface area contributed by atoms with Crippen LogP contribution in [0.4, 0.5) is 0 Å². The van der Waals surface area contributed by atoms with Gasteiger partial charge in [-0.2, -0.15) is 0 Å². The minimum Gasteiger partial charge on any atom is -0.462 e. The Hall–Kier alpha value is -2.36. The summed E-state index contributed by atoms with van der Waals surface area (Å²) in [7, 11) is 0. The van der Waals surface area contributed by atoms with Gasteiger partial charge in [0.05, 0.1) is 6.61 Å². The minimum atomic E-state index is -0.484. The number of esters is 1. The van der Waals surface area contributed by atoms with Gasteiger partial charge in [-0.25, -0.2) is 9.59 Å². The van der Waals surface area contributed by atoms with Crippen LogP contribution in [-0.2, 0) is 4.74 Å². The molecule has 1 heterocycles. The molecule has 1 aromatic heterocycles. The molecule has 4 nitrogen and oxygen atoms in total. The van der Waals surface area contributed by atoms with Crippen molar-refractivity contribution in [1.82, 2.24) is 0 Å². The number of benzene rings is 1. The summed E-state index contributed by atoms with van der Waals surface area (Å²) in [6, 6.07) is 10.5. The first-order chi connectivity index (χ1) is 9.13. The third-order valence-electron chi connectivity index (χ3n) is 2.70. The molecule has 0 fully saturated rings. The number of carbonyl (C=O) groups is 1. The summed E-state index contributed by atoms with van der Waals surface area (Å²) in [5.41, 5.74) is 1.13. The Balaban J connectivity index is 2.65. The van der Waals surface area contributed by atoms with E-state index in [2.05, 4.69) is 0 Å². The van der Waals surface area contributed by atoms with Crippen LogP contribution in [0.2, 0.25) is 0 Å². The van der Waals surface area contributed by atoms with Crippen LogP contribution in [0, 0.1) is 6.92 Å². The third kappa shape index (κ3) is 2.73. The Morgan fingerprint density at radius 1 is 1.26 bits per heavy atom. The standard InChI is InChI=1S/C15H14O4/c1-3-18-15(17)14-10(2)19-13(16)9-12(14)11-7-5-4-6-8-11/h4-9H,3H2,1-2H3. The molecule has 0 N–H and O–H groups in total. The van der Waals surface area contributed by atoms with Crippen molar-refractivity contribution in [1.29, 1.82) is 0 Å². The molecule has 0 radical (unpaired) electrons. The first-order valence-corrected chi connectivity index (χ1v) is 6.00. The highest BCUT2D eigenvalue weighted by Crippen LogP contribution is 2.25. The van der Waals surface area contributed by atoms with Crippen molar-refractivity contribution in [3.8, 4) is 11.1 Å². The number of rotatable bonds is 3. The van der Waals surface area contributed by atoms with Crippen molar-refractivity contribution in [2.45, 2.75) is 13.8 Å². The second-order valence-electron chi connectivity index (χ2n) is 4.00. The fourth-order valence-electron chi connectivity index (χ4n) is 1.91. The van der Waals surface area contributed by atoms with Crippen molar-refractivity contribution in [3.63, 3.8) is 0 Å². The van der Waals surface area contributed by atoms with E-state index in [9.17, 15) is 9.59 Å². The van der Waals surface area contributed by atoms with Gasteiger partial charge in [-0.05, 0) is 19.4 Å². The molecule has 0 saturated heterocycles. The zero-order valence-electron chi connectivity index (χ0n) is 10.8. The molecular weight excluding hydrogens is 244 g/mol. The molecular formula is C15H14O4. The van der Waals surface area contributed by atoms with Gasteiger partial charge in [-0.1, -0.05) is 30.3 Å². The normalized spacial score (nSPS) is 10.2. The Bertz CT molecular complexity index is 641. The van der Waals surface area contributed by atoms with Gasteiger partial charge in [0.2, 0.25) is 0 Å². The van der Waals surface area contributed by atoms with Crippen LogP contribution in [0.25, 0.3) is 11.1 Å². The van der Waals surface area contributed by atoms with Crippen LogP contribution >= 0.6 is 0 Å². The predicted octanol–water partition coefficient (Wildman–Crippen LogP) is 2.79. The van der Waals surface area contributed by atoms with Gasteiger partial charge in [-0.15, -0.1) is 0 Å². The molecule has 4 heteroatoms. The van der Waals surface area contributed by atoms with Gasteiger partial charge in [0.15, 0.2) is 0 Å². The lowest BCUT2D eigenvalue weighted by Crippen LogP contribution is -2.12. The fourth-order valence-corrected chi connectivity index (χ4v) is 1.91.